The van der Waals surface area contributed by atoms with Gasteiger partial charge in [0.25, 0.3) is 0 Å². The van der Waals surface area contributed by atoms with Gasteiger partial charge in [-0.2, -0.15) is 0 Å². The molecule has 0 saturated carbocycles. The molecule has 3 heteroatoms. The lowest BCUT2D eigenvalue weighted by atomic mass is 10.1. The number of carbonyl (C=O) groups excluding carboxylic acids is 1. The first kappa shape index (κ1) is 9.43. The van der Waals surface area contributed by atoms with Crippen LogP contribution in [0.2, 0.25) is 0 Å². The average Bonchev–Trinajstić information content (AvgIpc) is 2.17. The molecule has 2 atom stereocenters. The maximum atomic E-state index is 8.58. The molecule has 1 aliphatic rings. The lowest BCUT2D eigenvalue weighted by Gasteiger charge is -1.96. The summed E-state index contributed by atoms with van der Waals surface area (Å²) in [6.07, 6.45) is 1.61. The zero-order valence-electron chi connectivity index (χ0n) is 6.63. The first-order chi connectivity index (χ1) is 4.70. The summed E-state index contributed by atoms with van der Waals surface area (Å²) in [6, 6.07) is 0.773. The Morgan fingerprint density at radius 2 is 2.10 bits per heavy atom. The Kier molecular flexibility index (Phi) is 4.94. The quantitative estimate of drug-likeness (QED) is 0.474. The molecule has 3 nitrogen and oxygen atoms in total. The third-order valence-electron chi connectivity index (χ3n) is 1.57. The van der Waals surface area contributed by atoms with Gasteiger partial charge in [-0.05, 0) is 25.8 Å². The molecule has 0 aromatic carbocycles. The number of hydrogen-bond acceptors (Lipinski definition) is 2. The molecule has 1 saturated heterocycles. The zero-order valence-corrected chi connectivity index (χ0v) is 6.63. The number of rotatable bonds is 0. The minimum absolute atomic E-state index is 0.250. The molecule has 1 rings (SSSR count). The van der Waals surface area contributed by atoms with Crippen molar-refractivity contribution in [1.82, 2.24) is 5.32 Å². The molecule has 1 aliphatic heterocycles. The standard InChI is InChI=1S/C6H13N.CH3NO/c1-5-3-6(2)7-4-5;2-1-3/h5-7H,3-4H2,1-2H3;1H,(H2,2,3). The van der Waals surface area contributed by atoms with Gasteiger partial charge in [-0.1, -0.05) is 6.92 Å². The highest BCUT2D eigenvalue weighted by Gasteiger charge is 2.14. The van der Waals surface area contributed by atoms with E-state index in [0.717, 1.165) is 12.0 Å². The van der Waals surface area contributed by atoms with Crippen LogP contribution in [0.3, 0.4) is 0 Å². The fourth-order valence-corrected chi connectivity index (χ4v) is 1.17. The highest BCUT2D eigenvalue weighted by molar-refractivity contribution is 5.42. The van der Waals surface area contributed by atoms with E-state index in [2.05, 4.69) is 24.9 Å². The summed E-state index contributed by atoms with van der Waals surface area (Å²) >= 11 is 0. The summed E-state index contributed by atoms with van der Waals surface area (Å²) in [5.74, 6) is 0.912. The molecule has 1 fully saturated rings. The summed E-state index contributed by atoms with van der Waals surface area (Å²) in [7, 11) is 0. The molecule has 1 amide bonds. The summed E-state index contributed by atoms with van der Waals surface area (Å²) in [4.78, 5) is 8.58. The van der Waals surface area contributed by atoms with Crippen LogP contribution in [0.1, 0.15) is 20.3 Å². The van der Waals surface area contributed by atoms with Gasteiger partial charge in [0.05, 0.1) is 0 Å². The smallest absolute Gasteiger partial charge is 0.204 e. The molecule has 0 bridgehead atoms. The van der Waals surface area contributed by atoms with Crippen molar-refractivity contribution >= 4 is 6.41 Å². The molecule has 0 aromatic heterocycles. The van der Waals surface area contributed by atoms with Gasteiger partial charge in [-0.3, -0.25) is 4.79 Å². The highest BCUT2D eigenvalue weighted by atomic mass is 16.1. The SMILES string of the molecule is CC1CNC(C)C1.NC=O. The molecule has 0 aliphatic carbocycles. The Morgan fingerprint density at radius 3 is 2.20 bits per heavy atom. The van der Waals surface area contributed by atoms with Crippen LogP contribution in [0.4, 0.5) is 0 Å². The lowest BCUT2D eigenvalue weighted by molar-refractivity contribution is -0.106. The number of hydrogen-bond donors (Lipinski definition) is 2. The second-order valence-corrected chi connectivity index (χ2v) is 2.79. The van der Waals surface area contributed by atoms with Gasteiger partial charge in [0.2, 0.25) is 6.41 Å². The normalized spacial score (nSPS) is 30.6. The van der Waals surface area contributed by atoms with E-state index in [0.29, 0.717) is 0 Å². The molecule has 0 radical (unpaired) electrons. The fourth-order valence-electron chi connectivity index (χ4n) is 1.17. The first-order valence-corrected chi connectivity index (χ1v) is 3.59. The number of primary amides is 1. The Hall–Kier alpha value is -0.570. The third kappa shape index (κ3) is 4.32. The largest absolute Gasteiger partial charge is 0.372 e. The summed E-state index contributed by atoms with van der Waals surface area (Å²) in [6.45, 7) is 5.75. The second-order valence-electron chi connectivity index (χ2n) is 2.79. The molecule has 2 unspecified atom stereocenters. The molecule has 1 heterocycles. The van der Waals surface area contributed by atoms with Gasteiger partial charge in [0.15, 0.2) is 0 Å². The number of nitrogens with one attached hydrogen (secondary N) is 1. The van der Waals surface area contributed by atoms with E-state index in [1.54, 1.807) is 0 Å². The van der Waals surface area contributed by atoms with Crippen LogP contribution in [0.15, 0.2) is 0 Å². The van der Waals surface area contributed by atoms with Crippen molar-refractivity contribution in [2.45, 2.75) is 26.3 Å². The molecular weight excluding hydrogens is 128 g/mol. The topological polar surface area (TPSA) is 55.1 Å². The monoisotopic (exact) mass is 144 g/mol. The lowest BCUT2D eigenvalue weighted by Crippen LogP contribution is -2.16. The van der Waals surface area contributed by atoms with E-state index < -0.39 is 0 Å². The predicted octanol–water partition coefficient (Wildman–Crippen LogP) is 0.106. The van der Waals surface area contributed by atoms with Crippen molar-refractivity contribution in [3.63, 3.8) is 0 Å². The van der Waals surface area contributed by atoms with Crippen LogP contribution in [-0.2, 0) is 4.79 Å². The van der Waals surface area contributed by atoms with Crippen LogP contribution in [0, 0.1) is 5.92 Å². The Balaban J connectivity index is 0.000000236. The van der Waals surface area contributed by atoms with Gasteiger partial charge in [0, 0.05) is 6.04 Å². The van der Waals surface area contributed by atoms with E-state index in [9.17, 15) is 0 Å². The number of nitrogens with two attached hydrogens (primary N) is 1. The minimum Gasteiger partial charge on any atom is -0.372 e. The van der Waals surface area contributed by atoms with Crippen molar-refractivity contribution in [3.05, 3.63) is 0 Å². The van der Waals surface area contributed by atoms with Crippen molar-refractivity contribution in [3.8, 4) is 0 Å². The van der Waals surface area contributed by atoms with E-state index in [4.69, 9.17) is 4.79 Å². The average molecular weight is 144 g/mol. The minimum atomic E-state index is 0.250. The molecule has 0 aromatic rings. The number of amides is 1. The van der Waals surface area contributed by atoms with Gasteiger partial charge in [0.1, 0.15) is 0 Å². The van der Waals surface area contributed by atoms with E-state index >= 15 is 0 Å². The maximum Gasteiger partial charge on any atom is 0.204 e. The van der Waals surface area contributed by atoms with Crippen molar-refractivity contribution in [2.24, 2.45) is 11.7 Å². The fraction of sp³-hybridized carbons (Fsp3) is 0.857. The van der Waals surface area contributed by atoms with E-state index in [1.165, 1.54) is 13.0 Å². The maximum absolute atomic E-state index is 8.58. The van der Waals surface area contributed by atoms with Crippen LogP contribution in [0.25, 0.3) is 0 Å². The second kappa shape index (κ2) is 5.23. The van der Waals surface area contributed by atoms with Crippen molar-refractivity contribution in [1.29, 1.82) is 0 Å². The molecule has 60 valence electrons. The molecular formula is C7H16N2O. The third-order valence-corrected chi connectivity index (χ3v) is 1.57. The summed E-state index contributed by atoms with van der Waals surface area (Å²) in [5, 5.41) is 3.37. The molecule has 0 spiro atoms. The van der Waals surface area contributed by atoms with Gasteiger partial charge < -0.3 is 11.1 Å². The molecule has 10 heavy (non-hydrogen) atoms. The first-order valence-electron chi connectivity index (χ1n) is 3.59. The predicted molar refractivity (Wildman–Crippen MR) is 41.5 cm³/mol. The Morgan fingerprint density at radius 1 is 1.60 bits per heavy atom. The zero-order chi connectivity index (χ0) is 7.98. The van der Waals surface area contributed by atoms with Gasteiger partial charge in [-0.15, -0.1) is 0 Å². The van der Waals surface area contributed by atoms with Gasteiger partial charge in [-0.25, -0.2) is 0 Å². The summed E-state index contributed by atoms with van der Waals surface area (Å²) in [5.41, 5.74) is 4.17. The van der Waals surface area contributed by atoms with Crippen LogP contribution in [-0.4, -0.2) is 19.0 Å². The van der Waals surface area contributed by atoms with Crippen molar-refractivity contribution < 1.29 is 4.79 Å². The summed E-state index contributed by atoms with van der Waals surface area (Å²) < 4.78 is 0. The van der Waals surface area contributed by atoms with Crippen LogP contribution >= 0.6 is 0 Å². The Labute approximate surface area is 62.0 Å². The Bertz CT molecular complexity index is 87.6. The van der Waals surface area contributed by atoms with E-state index in [-0.39, 0.29) is 6.41 Å². The van der Waals surface area contributed by atoms with E-state index in [1.807, 2.05) is 0 Å². The van der Waals surface area contributed by atoms with Gasteiger partial charge >= 0.3 is 0 Å². The van der Waals surface area contributed by atoms with Crippen molar-refractivity contribution in [2.75, 3.05) is 6.54 Å². The van der Waals surface area contributed by atoms with Crippen LogP contribution in [0.5, 0.6) is 0 Å². The van der Waals surface area contributed by atoms with Crippen LogP contribution < -0.4 is 11.1 Å². The number of carbonyl (C=O) groups is 1. The molecule has 3 N–H and O–H groups in total. The highest BCUT2D eigenvalue weighted by Crippen LogP contribution is 2.10.